The summed E-state index contributed by atoms with van der Waals surface area (Å²) in [6.45, 7) is 1.98. The Morgan fingerprint density at radius 3 is 2.58 bits per heavy atom. The molecule has 0 spiro atoms. The third kappa shape index (κ3) is 1.62. The highest BCUT2D eigenvalue weighted by Gasteiger charge is 2.08. The maximum atomic E-state index is 8.49. The second kappa shape index (κ2) is 3.55. The molecule has 0 amide bonds. The summed E-state index contributed by atoms with van der Waals surface area (Å²) < 4.78 is 0. The molecule has 0 aliphatic heterocycles. The molecule has 0 heterocycles. The molecule has 0 aromatic carbocycles. The Kier molecular flexibility index (Phi) is 2.46. The molecule has 0 saturated carbocycles. The van der Waals surface area contributed by atoms with Crippen molar-refractivity contribution in [1.82, 2.24) is 0 Å². The Bertz CT molecular complexity index is 329. The third-order valence-corrected chi connectivity index (χ3v) is 1.79. The molecule has 0 radical (unpaired) electrons. The second-order valence-electron chi connectivity index (χ2n) is 2.63. The van der Waals surface area contributed by atoms with Crippen molar-refractivity contribution in [3.05, 3.63) is 35.5 Å². The number of allylic oxidation sites excluding steroid dienone is 6. The van der Waals surface area contributed by atoms with Crippen LogP contribution in [0.2, 0.25) is 0 Å². The first kappa shape index (κ1) is 8.30. The zero-order chi connectivity index (χ0) is 8.97. The molecule has 1 aliphatic carbocycles. The normalized spacial score (nSPS) is 19.2. The summed E-state index contributed by atoms with van der Waals surface area (Å²) in [7, 11) is 0. The highest BCUT2D eigenvalue weighted by molar-refractivity contribution is 5.40. The van der Waals surface area contributed by atoms with Gasteiger partial charge in [0.25, 0.3) is 0 Å². The van der Waals surface area contributed by atoms with Crippen molar-refractivity contribution in [2.45, 2.75) is 6.92 Å². The summed E-state index contributed by atoms with van der Waals surface area (Å²) in [5, 5.41) is 17.0. The van der Waals surface area contributed by atoms with E-state index >= 15 is 0 Å². The monoisotopic (exact) mass is 156 g/mol. The molecule has 1 unspecified atom stereocenters. The largest absolute Gasteiger partial charge is 0.192 e. The number of nitrogens with zero attached hydrogens (tertiary/aromatic N) is 2. The maximum Gasteiger partial charge on any atom is 0.126 e. The lowest BCUT2D eigenvalue weighted by molar-refractivity contribution is 0.986. The van der Waals surface area contributed by atoms with E-state index in [1.165, 1.54) is 0 Å². The first-order valence-corrected chi connectivity index (χ1v) is 3.65. The molecule has 1 rings (SSSR count). The van der Waals surface area contributed by atoms with Gasteiger partial charge in [-0.2, -0.15) is 10.5 Å². The van der Waals surface area contributed by atoms with Crippen LogP contribution in [0.3, 0.4) is 0 Å². The number of hydrogen-bond acceptors (Lipinski definition) is 2. The Morgan fingerprint density at radius 1 is 1.50 bits per heavy atom. The highest BCUT2D eigenvalue weighted by Crippen LogP contribution is 2.20. The summed E-state index contributed by atoms with van der Waals surface area (Å²) in [6.07, 6.45) is 7.55. The number of hydrogen-bond donors (Lipinski definition) is 0. The van der Waals surface area contributed by atoms with E-state index in [2.05, 4.69) is 0 Å². The topological polar surface area (TPSA) is 47.6 Å². The Hall–Kier alpha value is -1.80. The molecule has 0 aromatic rings. The van der Waals surface area contributed by atoms with E-state index < -0.39 is 0 Å². The fourth-order valence-electron chi connectivity index (χ4n) is 1.06. The van der Waals surface area contributed by atoms with Gasteiger partial charge in [0.2, 0.25) is 0 Å². The van der Waals surface area contributed by atoms with Crippen LogP contribution in [0.25, 0.3) is 0 Å². The Morgan fingerprint density at radius 2 is 2.17 bits per heavy atom. The van der Waals surface area contributed by atoms with Crippen LogP contribution in [0.4, 0.5) is 0 Å². The van der Waals surface area contributed by atoms with E-state index in [4.69, 9.17) is 10.5 Å². The van der Waals surface area contributed by atoms with Gasteiger partial charge in [-0.05, 0) is 13.0 Å². The molecule has 0 saturated heterocycles. The fraction of sp³-hybridized carbons (Fsp3) is 0.200. The SMILES string of the molecule is CC1=CC=CC1C=C(C#N)C#N. The van der Waals surface area contributed by atoms with E-state index in [0.717, 1.165) is 5.57 Å². The zero-order valence-electron chi connectivity index (χ0n) is 6.78. The van der Waals surface area contributed by atoms with Gasteiger partial charge in [-0.25, -0.2) is 0 Å². The van der Waals surface area contributed by atoms with Gasteiger partial charge in [0.1, 0.15) is 17.7 Å². The van der Waals surface area contributed by atoms with Crippen LogP contribution < -0.4 is 0 Å². The molecule has 2 heteroatoms. The molecule has 0 bridgehead atoms. The van der Waals surface area contributed by atoms with Crippen LogP contribution in [0, 0.1) is 28.6 Å². The first-order valence-electron chi connectivity index (χ1n) is 3.65. The van der Waals surface area contributed by atoms with Crippen LogP contribution in [0.1, 0.15) is 6.92 Å². The van der Waals surface area contributed by atoms with Gasteiger partial charge in [-0.1, -0.05) is 23.8 Å². The van der Waals surface area contributed by atoms with Gasteiger partial charge >= 0.3 is 0 Å². The van der Waals surface area contributed by atoms with Gasteiger partial charge in [0.15, 0.2) is 0 Å². The minimum absolute atomic E-state index is 0.138. The van der Waals surface area contributed by atoms with Crippen LogP contribution in [0.15, 0.2) is 35.5 Å². The van der Waals surface area contributed by atoms with Crippen molar-refractivity contribution in [2.75, 3.05) is 0 Å². The average Bonchev–Trinajstić information content (AvgIpc) is 2.47. The van der Waals surface area contributed by atoms with Crippen molar-refractivity contribution in [1.29, 1.82) is 10.5 Å². The highest BCUT2D eigenvalue weighted by atomic mass is 14.3. The molecule has 0 N–H and O–H groups in total. The van der Waals surface area contributed by atoms with Crippen LogP contribution in [0.5, 0.6) is 0 Å². The van der Waals surface area contributed by atoms with Gasteiger partial charge < -0.3 is 0 Å². The van der Waals surface area contributed by atoms with Crippen LogP contribution >= 0.6 is 0 Å². The molecule has 58 valence electrons. The second-order valence-corrected chi connectivity index (χ2v) is 2.63. The van der Waals surface area contributed by atoms with Crippen molar-refractivity contribution in [3.63, 3.8) is 0 Å². The van der Waals surface area contributed by atoms with Crippen molar-refractivity contribution in [3.8, 4) is 12.1 Å². The Labute approximate surface area is 71.7 Å². The zero-order valence-corrected chi connectivity index (χ0v) is 6.78. The summed E-state index contributed by atoms with van der Waals surface area (Å²) >= 11 is 0. The van der Waals surface area contributed by atoms with Gasteiger partial charge in [0, 0.05) is 5.92 Å². The van der Waals surface area contributed by atoms with Crippen LogP contribution in [-0.2, 0) is 0 Å². The number of nitriles is 2. The molecule has 1 aliphatic rings. The van der Waals surface area contributed by atoms with Crippen molar-refractivity contribution in [2.24, 2.45) is 5.92 Å². The van der Waals surface area contributed by atoms with Gasteiger partial charge in [0.05, 0.1) is 0 Å². The lowest BCUT2D eigenvalue weighted by Gasteiger charge is -2.01. The van der Waals surface area contributed by atoms with E-state index in [-0.39, 0.29) is 11.5 Å². The summed E-state index contributed by atoms with van der Waals surface area (Å²) in [5.41, 5.74) is 1.34. The molecule has 2 nitrogen and oxygen atoms in total. The minimum atomic E-state index is 0.138. The van der Waals surface area contributed by atoms with E-state index in [1.807, 2.05) is 37.3 Å². The number of rotatable bonds is 1. The van der Waals surface area contributed by atoms with E-state index in [0.29, 0.717) is 0 Å². The van der Waals surface area contributed by atoms with Crippen molar-refractivity contribution < 1.29 is 0 Å². The summed E-state index contributed by atoms with van der Waals surface area (Å²) in [4.78, 5) is 0. The summed E-state index contributed by atoms with van der Waals surface area (Å²) in [5.74, 6) is 0.138. The molecular weight excluding hydrogens is 148 g/mol. The fourth-order valence-corrected chi connectivity index (χ4v) is 1.06. The summed E-state index contributed by atoms with van der Waals surface area (Å²) in [6, 6.07) is 3.68. The smallest absolute Gasteiger partial charge is 0.126 e. The molecular formula is C10H8N2. The third-order valence-electron chi connectivity index (χ3n) is 1.79. The maximum absolute atomic E-state index is 8.49. The molecule has 1 atom stereocenters. The molecule has 12 heavy (non-hydrogen) atoms. The van der Waals surface area contributed by atoms with E-state index in [1.54, 1.807) is 6.08 Å². The van der Waals surface area contributed by atoms with Gasteiger partial charge in [-0.15, -0.1) is 0 Å². The quantitative estimate of drug-likeness (QED) is 0.546. The minimum Gasteiger partial charge on any atom is -0.192 e. The first-order chi connectivity index (χ1) is 5.77. The molecule has 0 aromatic heterocycles. The van der Waals surface area contributed by atoms with Gasteiger partial charge in [-0.3, -0.25) is 0 Å². The standard InChI is InChI=1S/C10H8N2/c1-8-3-2-4-10(8)5-9(6-11)7-12/h2-5,10H,1H3. The average molecular weight is 156 g/mol. The molecule has 0 fully saturated rings. The predicted octanol–water partition coefficient (Wildman–Crippen LogP) is 2.09. The van der Waals surface area contributed by atoms with Crippen LogP contribution in [-0.4, -0.2) is 0 Å². The Balaban J connectivity index is 2.83. The van der Waals surface area contributed by atoms with E-state index in [9.17, 15) is 0 Å². The lowest BCUT2D eigenvalue weighted by Crippen LogP contribution is -1.90. The van der Waals surface area contributed by atoms with Crippen molar-refractivity contribution >= 4 is 0 Å². The lowest BCUT2D eigenvalue weighted by atomic mass is 10.0. The predicted molar refractivity (Wildman–Crippen MR) is 45.7 cm³/mol.